The second-order valence-electron chi connectivity index (χ2n) is 6.95. The van der Waals surface area contributed by atoms with Gasteiger partial charge in [-0.15, -0.1) is 0 Å². The second kappa shape index (κ2) is 10.3. The predicted octanol–water partition coefficient (Wildman–Crippen LogP) is 3.94. The van der Waals surface area contributed by atoms with E-state index >= 15 is 0 Å². The van der Waals surface area contributed by atoms with E-state index in [1.165, 1.54) is 5.56 Å². The lowest BCUT2D eigenvalue weighted by atomic mass is 10.2. The third kappa shape index (κ3) is 6.66. The maximum Gasteiger partial charge on any atom is 0.138 e. The molecule has 146 valence electrons. The monoisotopic (exact) mass is 408 g/mol. The van der Waals surface area contributed by atoms with E-state index in [0.29, 0.717) is 17.3 Å². The third-order valence-corrected chi connectivity index (χ3v) is 5.30. The molecule has 0 spiro atoms. The molecule has 2 aromatic rings. The number of rotatable bonds is 7. The van der Waals surface area contributed by atoms with Crippen LogP contribution in [-0.2, 0) is 6.54 Å². The van der Waals surface area contributed by atoms with Gasteiger partial charge in [-0.05, 0) is 49.3 Å². The summed E-state index contributed by atoms with van der Waals surface area (Å²) >= 11 is 12.0. The Morgan fingerprint density at radius 1 is 0.926 bits per heavy atom. The summed E-state index contributed by atoms with van der Waals surface area (Å²) in [5.41, 5.74) is 1.28. The molecule has 1 fully saturated rings. The highest BCUT2D eigenvalue weighted by molar-refractivity contribution is 6.32. The van der Waals surface area contributed by atoms with Gasteiger partial charge >= 0.3 is 0 Å². The van der Waals surface area contributed by atoms with Crippen molar-refractivity contribution in [2.75, 3.05) is 39.3 Å². The number of aliphatic hydroxyl groups excluding tert-OH is 1. The lowest BCUT2D eigenvalue weighted by Crippen LogP contribution is -2.38. The van der Waals surface area contributed by atoms with Gasteiger partial charge in [0.2, 0.25) is 0 Å². The molecule has 0 aromatic heterocycles. The predicted molar refractivity (Wildman–Crippen MR) is 111 cm³/mol. The SMILES string of the molecule is OC(COc1ccccc1Cl)CN1CCCN(Cc2ccc(Cl)cc2)CC1. The molecule has 1 heterocycles. The van der Waals surface area contributed by atoms with Gasteiger partial charge in [-0.25, -0.2) is 0 Å². The van der Waals surface area contributed by atoms with Crippen LogP contribution in [0.4, 0.5) is 0 Å². The molecule has 2 aromatic carbocycles. The first kappa shape index (κ1) is 20.4. The number of hydrogen-bond donors (Lipinski definition) is 1. The molecule has 1 unspecified atom stereocenters. The Bertz CT molecular complexity index is 712. The summed E-state index contributed by atoms with van der Waals surface area (Å²) in [4.78, 5) is 4.76. The van der Waals surface area contributed by atoms with Crippen molar-refractivity contribution in [3.05, 3.63) is 64.1 Å². The maximum atomic E-state index is 10.3. The molecule has 6 heteroatoms. The zero-order chi connectivity index (χ0) is 19.1. The van der Waals surface area contributed by atoms with Crippen LogP contribution in [0.3, 0.4) is 0 Å². The van der Waals surface area contributed by atoms with E-state index in [4.69, 9.17) is 27.9 Å². The molecule has 1 aliphatic rings. The van der Waals surface area contributed by atoms with Crippen LogP contribution in [0.5, 0.6) is 5.75 Å². The minimum Gasteiger partial charge on any atom is -0.489 e. The fourth-order valence-corrected chi connectivity index (χ4v) is 3.63. The standard InChI is InChI=1S/C21H26Cl2N2O2/c22-18-8-6-17(7-9-18)14-24-10-3-11-25(13-12-24)15-19(26)16-27-21-5-2-1-4-20(21)23/h1-2,4-9,19,26H,3,10-16H2. The molecule has 0 amide bonds. The molecule has 1 aliphatic heterocycles. The number of ether oxygens (including phenoxy) is 1. The fraction of sp³-hybridized carbons (Fsp3) is 0.429. The zero-order valence-electron chi connectivity index (χ0n) is 15.4. The van der Waals surface area contributed by atoms with Crippen LogP contribution in [-0.4, -0.2) is 60.3 Å². The van der Waals surface area contributed by atoms with Crippen molar-refractivity contribution in [2.24, 2.45) is 0 Å². The normalized spacial score (nSPS) is 17.4. The van der Waals surface area contributed by atoms with Crippen molar-refractivity contribution in [1.29, 1.82) is 0 Å². The number of para-hydroxylation sites is 1. The molecule has 1 atom stereocenters. The molecule has 4 nitrogen and oxygen atoms in total. The van der Waals surface area contributed by atoms with Gasteiger partial charge in [-0.1, -0.05) is 47.5 Å². The van der Waals surface area contributed by atoms with Crippen LogP contribution in [0.1, 0.15) is 12.0 Å². The topological polar surface area (TPSA) is 35.9 Å². The first-order chi connectivity index (χ1) is 13.1. The molecular weight excluding hydrogens is 383 g/mol. The molecule has 3 rings (SSSR count). The summed E-state index contributed by atoms with van der Waals surface area (Å²) < 4.78 is 5.65. The van der Waals surface area contributed by atoms with E-state index in [2.05, 4.69) is 21.9 Å². The maximum absolute atomic E-state index is 10.3. The van der Waals surface area contributed by atoms with Crippen molar-refractivity contribution in [3.8, 4) is 5.75 Å². The van der Waals surface area contributed by atoms with Crippen LogP contribution in [0, 0.1) is 0 Å². The minimum absolute atomic E-state index is 0.245. The molecule has 0 bridgehead atoms. The van der Waals surface area contributed by atoms with E-state index < -0.39 is 6.10 Å². The lowest BCUT2D eigenvalue weighted by Gasteiger charge is -2.24. The first-order valence-electron chi connectivity index (χ1n) is 9.35. The van der Waals surface area contributed by atoms with Crippen LogP contribution in [0.15, 0.2) is 48.5 Å². The van der Waals surface area contributed by atoms with Crippen molar-refractivity contribution in [1.82, 2.24) is 9.80 Å². The van der Waals surface area contributed by atoms with Gasteiger partial charge in [-0.3, -0.25) is 9.80 Å². The average molecular weight is 409 g/mol. The van der Waals surface area contributed by atoms with Crippen molar-refractivity contribution >= 4 is 23.2 Å². The van der Waals surface area contributed by atoms with E-state index in [0.717, 1.165) is 44.2 Å². The highest BCUT2D eigenvalue weighted by Gasteiger charge is 2.18. The summed E-state index contributed by atoms with van der Waals surface area (Å²) in [7, 11) is 0. The minimum atomic E-state index is -0.538. The number of nitrogens with zero attached hydrogens (tertiary/aromatic N) is 2. The Morgan fingerprint density at radius 3 is 2.41 bits per heavy atom. The van der Waals surface area contributed by atoms with Gasteiger partial charge < -0.3 is 9.84 Å². The van der Waals surface area contributed by atoms with Gasteiger partial charge in [0.05, 0.1) is 5.02 Å². The molecule has 0 aliphatic carbocycles. The Hall–Kier alpha value is -1.30. The average Bonchev–Trinajstić information content (AvgIpc) is 2.88. The molecule has 27 heavy (non-hydrogen) atoms. The number of benzene rings is 2. The van der Waals surface area contributed by atoms with Crippen LogP contribution in [0.2, 0.25) is 10.0 Å². The number of hydrogen-bond acceptors (Lipinski definition) is 4. The lowest BCUT2D eigenvalue weighted by molar-refractivity contribution is 0.0693. The van der Waals surface area contributed by atoms with E-state index in [1.54, 1.807) is 6.07 Å². The summed E-state index contributed by atoms with van der Waals surface area (Å²) in [6.07, 6.45) is 0.551. The Morgan fingerprint density at radius 2 is 1.63 bits per heavy atom. The highest BCUT2D eigenvalue weighted by Crippen LogP contribution is 2.23. The van der Waals surface area contributed by atoms with Gasteiger partial charge in [0.25, 0.3) is 0 Å². The van der Waals surface area contributed by atoms with Crippen LogP contribution in [0.25, 0.3) is 0 Å². The van der Waals surface area contributed by atoms with Gasteiger partial charge in [0.1, 0.15) is 18.5 Å². The van der Waals surface area contributed by atoms with Crippen molar-refractivity contribution in [3.63, 3.8) is 0 Å². The third-order valence-electron chi connectivity index (χ3n) is 4.74. The van der Waals surface area contributed by atoms with Crippen LogP contribution < -0.4 is 4.74 Å². The Kier molecular flexibility index (Phi) is 7.80. The number of aliphatic hydroxyl groups is 1. The Balaban J connectivity index is 1.42. The van der Waals surface area contributed by atoms with E-state index in [-0.39, 0.29) is 6.61 Å². The summed E-state index contributed by atoms with van der Waals surface area (Å²) in [6, 6.07) is 15.4. The smallest absolute Gasteiger partial charge is 0.138 e. The van der Waals surface area contributed by atoms with Gasteiger partial charge in [0, 0.05) is 31.2 Å². The number of halogens is 2. The molecule has 0 saturated carbocycles. The van der Waals surface area contributed by atoms with Gasteiger partial charge in [-0.2, -0.15) is 0 Å². The Labute approximate surface area is 171 Å². The van der Waals surface area contributed by atoms with Crippen LogP contribution >= 0.6 is 23.2 Å². The zero-order valence-corrected chi connectivity index (χ0v) is 16.9. The molecule has 0 radical (unpaired) electrons. The molecular formula is C21H26Cl2N2O2. The summed E-state index contributed by atoms with van der Waals surface area (Å²) in [5, 5.41) is 11.7. The van der Waals surface area contributed by atoms with E-state index in [9.17, 15) is 5.11 Å². The molecule has 1 N–H and O–H groups in total. The van der Waals surface area contributed by atoms with Crippen molar-refractivity contribution in [2.45, 2.75) is 19.1 Å². The quantitative estimate of drug-likeness (QED) is 0.752. The fourth-order valence-electron chi connectivity index (χ4n) is 3.31. The summed E-state index contributed by atoms with van der Waals surface area (Å²) in [6.45, 7) is 5.76. The summed E-state index contributed by atoms with van der Waals surface area (Å²) in [5.74, 6) is 0.614. The van der Waals surface area contributed by atoms with Crippen molar-refractivity contribution < 1.29 is 9.84 Å². The largest absolute Gasteiger partial charge is 0.489 e. The highest BCUT2D eigenvalue weighted by atomic mass is 35.5. The molecule has 1 saturated heterocycles. The first-order valence-corrected chi connectivity index (χ1v) is 10.1. The van der Waals surface area contributed by atoms with E-state index in [1.807, 2.05) is 30.3 Å². The van der Waals surface area contributed by atoms with Gasteiger partial charge in [0.15, 0.2) is 0 Å². The number of β-amino-alcohol motifs (C(OH)–C–C–N with tert-alkyl or cyclic N) is 1. The second-order valence-corrected chi connectivity index (χ2v) is 7.80.